The van der Waals surface area contributed by atoms with Crippen LogP contribution in [-0.2, 0) is 9.59 Å². The Labute approximate surface area is 169 Å². The van der Waals surface area contributed by atoms with E-state index in [2.05, 4.69) is 0 Å². The number of ether oxygens (including phenoxy) is 2. The highest BCUT2D eigenvalue weighted by Gasteiger charge is 2.31. The molecule has 1 unspecified atom stereocenters. The molecular formula is C21H23ClN2O4. The lowest BCUT2D eigenvalue weighted by Crippen LogP contribution is -2.46. The summed E-state index contributed by atoms with van der Waals surface area (Å²) in [6, 6.07) is 14.5. The highest BCUT2D eigenvalue weighted by atomic mass is 35.5. The minimum Gasteiger partial charge on any atom is -0.492 e. The van der Waals surface area contributed by atoms with Crippen molar-refractivity contribution in [2.45, 2.75) is 19.4 Å². The second-order valence-corrected chi connectivity index (χ2v) is 7.03. The summed E-state index contributed by atoms with van der Waals surface area (Å²) in [6.07, 6.45) is -0.339. The van der Waals surface area contributed by atoms with Crippen molar-refractivity contribution >= 4 is 29.1 Å². The van der Waals surface area contributed by atoms with Crippen LogP contribution in [-0.4, -0.2) is 49.6 Å². The zero-order valence-electron chi connectivity index (χ0n) is 15.9. The van der Waals surface area contributed by atoms with Crippen LogP contribution in [0.25, 0.3) is 0 Å². The van der Waals surface area contributed by atoms with Gasteiger partial charge in [0.05, 0.1) is 12.2 Å². The lowest BCUT2D eigenvalue weighted by molar-refractivity contribution is -0.130. The third kappa shape index (κ3) is 4.75. The predicted octanol–water partition coefficient (Wildman–Crippen LogP) is 3.38. The largest absolute Gasteiger partial charge is 0.492 e. The summed E-state index contributed by atoms with van der Waals surface area (Å²) < 4.78 is 11.2. The Hall–Kier alpha value is -2.73. The molecule has 148 valence electrons. The average molecular weight is 403 g/mol. The minimum absolute atomic E-state index is 0.0564. The summed E-state index contributed by atoms with van der Waals surface area (Å²) in [5.74, 6) is 1.13. The van der Waals surface area contributed by atoms with Gasteiger partial charge in [-0.15, -0.1) is 0 Å². The molecule has 2 amide bonds. The molecule has 1 aliphatic rings. The van der Waals surface area contributed by atoms with Gasteiger partial charge in [0.25, 0.3) is 5.91 Å². The number of hydrogen-bond donors (Lipinski definition) is 0. The molecule has 1 heterocycles. The maximum Gasteiger partial charge on any atom is 0.267 e. The summed E-state index contributed by atoms with van der Waals surface area (Å²) in [4.78, 5) is 28.2. The Bertz CT molecular complexity index is 858. The van der Waals surface area contributed by atoms with Crippen LogP contribution in [0.3, 0.4) is 0 Å². The van der Waals surface area contributed by atoms with E-state index in [4.69, 9.17) is 21.1 Å². The first-order chi connectivity index (χ1) is 13.5. The molecule has 0 spiro atoms. The fourth-order valence-electron chi connectivity index (χ4n) is 2.97. The van der Waals surface area contributed by atoms with E-state index in [-0.39, 0.29) is 18.2 Å². The van der Waals surface area contributed by atoms with Crippen LogP contribution in [0.1, 0.15) is 13.3 Å². The molecule has 0 saturated carbocycles. The van der Waals surface area contributed by atoms with Crippen LogP contribution >= 0.6 is 11.6 Å². The van der Waals surface area contributed by atoms with Gasteiger partial charge in [0, 0.05) is 25.0 Å². The monoisotopic (exact) mass is 402 g/mol. The first-order valence-electron chi connectivity index (χ1n) is 9.15. The number of anilines is 1. The Kier molecular flexibility index (Phi) is 6.41. The van der Waals surface area contributed by atoms with Gasteiger partial charge in [-0.2, -0.15) is 0 Å². The van der Waals surface area contributed by atoms with E-state index in [0.29, 0.717) is 41.9 Å². The molecule has 0 aromatic heterocycles. The number of amides is 2. The van der Waals surface area contributed by atoms with Gasteiger partial charge in [-0.3, -0.25) is 9.59 Å². The maximum atomic E-state index is 12.5. The molecule has 2 aromatic carbocycles. The molecule has 2 aromatic rings. The van der Waals surface area contributed by atoms with Crippen LogP contribution in [0, 0.1) is 0 Å². The Morgan fingerprint density at radius 3 is 2.82 bits per heavy atom. The van der Waals surface area contributed by atoms with Crippen molar-refractivity contribution in [2.75, 3.05) is 31.6 Å². The number of para-hydroxylation sites is 2. The van der Waals surface area contributed by atoms with Crippen molar-refractivity contribution in [3.63, 3.8) is 0 Å². The van der Waals surface area contributed by atoms with Crippen molar-refractivity contribution in [3.8, 4) is 11.5 Å². The lowest BCUT2D eigenvalue weighted by atomic mass is 10.1. The Morgan fingerprint density at radius 1 is 1.25 bits per heavy atom. The van der Waals surface area contributed by atoms with Gasteiger partial charge in [0.15, 0.2) is 6.10 Å². The van der Waals surface area contributed by atoms with Crippen molar-refractivity contribution in [1.82, 2.24) is 4.90 Å². The fourth-order valence-corrected chi connectivity index (χ4v) is 3.15. The molecule has 0 aliphatic carbocycles. The van der Waals surface area contributed by atoms with Crippen molar-refractivity contribution in [1.29, 1.82) is 0 Å². The number of halogens is 1. The summed E-state index contributed by atoms with van der Waals surface area (Å²) in [5, 5.41) is 0.603. The van der Waals surface area contributed by atoms with Crippen molar-refractivity contribution in [3.05, 3.63) is 53.6 Å². The van der Waals surface area contributed by atoms with Gasteiger partial charge in [0.2, 0.25) is 5.91 Å². The van der Waals surface area contributed by atoms with Gasteiger partial charge in [-0.05, 0) is 37.3 Å². The SMILES string of the molecule is CC1Oc2ccccc2N(CCC(=O)N(C)CCOc2cccc(Cl)c2)C1=O. The number of nitrogens with zero attached hydrogens (tertiary/aromatic N) is 2. The summed E-state index contributed by atoms with van der Waals surface area (Å²) >= 11 is 5.92. The molecule has 0 bridgehead atoms. The van der Waals surface area contributed by atoms with Crippen molar-refractivity contribution < 1.29 is 19.1 Å². The second kappa shape index (κ2) is 8.97. The Balaban J connectivity index is 1.51. The molecular weight excluding hydrogens is 380 g/mol. The lowest BCUT2D eigenvalue weighted by Gasteiger charge is -2.33. The van der Waals surface area contributed by atoms with Gasteiger partial charge in [-0.25, -0.2) is 0 Å². The van der Waals surface area contributed by atoms with Crippen LogP contribution in [0.15, 0.2) is 48.5 Å². The van der Waals surface area contributed by atoms with E-state index in [9.17, 15) is 9.59 Å². The van der Waals surface area contributed by atoms with E-state index in [1.807, 2.05) is 36.4 Å². The van der Waals surface area contributed by atoms with Gasteiger partial charge in [-0.1, -0.05) is 29.8 Å². The normalized spacial score (nSPS) is 15.6. The zero-order chi connectivity index (χ0) is 20.1. The highest BCUT2D eigenvalue weighted by molar-refractivity contribution is 6.30. The number of hydrogen-bond acceptors (Lipinski definition) is 4. The Morgan fingerprint density at radius 2 is 2.04 bits per heavy atom. The molecule has 28 heavy (non-hydrogen) atoms. The molecule has 6 nitrogen and oxygen atoms in total. The van der Waals surface area contributed by atoms with Gasteiger partial charge < -0.3 is 19.3 Å². The summed E-state index contributed by atoms with van der Waals surface area (Å²) in [6.45, 7) is 2.82. The molecule has 1 aliphatic heterocycles. The number of carbonyl (C=O) groups excluding carboxylic acids is 2. The van der Waals surface area contributed by atoms with Crippen LogP contribution in [0.5, 0.6) is 11.5 Å². The van der Waals surface area contributed by atoms with E-state index in [1.54, 1.807) is 35.9 Å². The van der Waals surface area contributed by atoms with Crippen LogP contribution in [0.2, 0.25) is 5.02 Å². The molecule has 0 fully saturated rings. The highest BCUT2D eigenvalue weighted by Crippen LogP contribution is 2.33. The third-order valence-electron chi connectivity index (χ3n) is 4.54. The van der Waals surface area contributed by atoms with E-state index in [0.717, 1.165) is 0 Å². The number of carbonyl (C=O) groups is 2. The topological polar surface area (TPSA) is 59.1 Å². The van der Waals surface area contributed by atoms with E-state index >= 15 is 0 Å². The molecule has 7 heteroatoms. The van der Waals surface area contributed by atoms with E-state index in [1.165, 1.54) is 0 Å². The van der Waals surface area contributed by atoms with Gasteiger partial charge >= 0.3 is 0 Å². The smallest absolute Gasteiger partial charge is 0.267 e. The number of fused-ring (bicyclic) bond motifs is 1. The predicted molar refractivity (Wildman–Crippen MR) is 108 cm³/mol. The number of rotatable bonds is 7. The fraction of sp³-hybridized carbons (Fsp3) is 0.333. The quantitative estimate of drug-likeness (QED) is 0.712. The third-order valence-corrected chi connectivity index (χ3v) is 4.78. The molecule has 0 saturated heterocycles. The van der Waals surface area contributed by atoms with Crippen LogP contribution < -0.4 is 14.4 Å². The standard InChI is InChI=1S/C21H23ClN2O4/c1-15-21(26)24(18-8-3-4-9-19(18)28-15)11-10-20(25)23(2)12-13-27-17-7-5-6-16(22)14-17/h3-9,14-15H,10-13H2,1-2H3. The zero-order valence-corrected chi connectivity index (χ0v) is 16.7. The maximum absolute atomic E-state index is 12.5. The number of benzene rings is 2. The summed E-state index contributed by atoms with van der Waals surface area (Å²) in [7, 11) is 1.72. The van der Waals surface area contributed by atoms with E-state index < -0.39 is 6.10 Å². The first kappa shape index (κ1) is 20.0. The molecule has 1 atom stereocenters. The van der Waals surface area contributed by atoms with Gasteiger partial charge in [0.1, 0.15) is 18.1 Å². The summed E-state index contributed by atoms with van der Waals surface area (Å²) in [5.41, 5.74) is 0.699. The van der Waals surface area contributed by atoms with Crippen LogP contribution in [0.4, 0.5) is 5.69 Å². The minimum atomic E-state index is -0.561. The molecule has 0 N–H and O–H groups in total. The molecule has 0 radical (unpaired) electrons. The first-order valence-corrected chi connectivity index (χ1v) is 9.53. The van der Waals surface area contributed by atoms with Crippen molar-refractivity contribution in [2.24, 2.45) is 0 Å². The second-order valence-electron chi connectivity index (χ2n) is 6.59. The number of likely N-dealkylation sites (N-methyl/N-ethyl adjacent to an activating group) is 1. The average Bonchev–Trinajstić information content (AvgIpc) is 2.68. The molecule has 3 rings (SSSR count).